The molecule has 0 radical (unpaired) electrons. The van der Waals surface area contributed by atoms with Gasteiger partial charge in [0.1, 0.15) is 11.6 Å². The van der Waals surface area contributed by atoms with Crippen LogP contribution in [0, 0.1) is 12.7 Å². The summed E-state index contributed by atoms with van der Waals surface area (Å²) in [5, 5.41) is 3.47. The van der Waals surface area contributed by atoms with E-state index in [-0.39, 0.29) is 17.7 Å². The van der Waals surface area contributed by atoms with Gasteiger partial charge in [-0.1, -0.05) is 18.2 Å². The van der Waals surface area contributed by atoms with Crippen LogP contribution in [0.1, 0.15) is 36.0 Å². The third kappa shape index (κ3) is 4.46. The Kier molecular flexibility index (Phi) is 6.50. The highest BCUT2D eigenvalue weighted by Crippen LogP contribution is 2.38. The third-order valence-corrected chi connectivity index (χ3v) is 6.53. The van der Waals surface area contributed by atoms with Crippen LogP contribution in [0.5, 0.6) is 11.8 Å². The predicted molar refractivity (Wildman–Crippen MR) is 136 cm³/mol. The number of imidazole rings is 1. The quantitative estimate of drug-likeness (QED) is 0.329. The first kappa shape index (κ1) is 23.7. The number of carbonyl (C=O) groups excluding carboxylic acids is 1. The molecule has 186 valence electrons. The molecule has 5 rings (SSSR count). The molecule has 1 aromatic heterocycles. The van der Waals surface area contributed by atoms with Gasteiger partial charge in [-0.25, -0.2) is 4.39 Å². The number of esters is 1. The molecule has 0 spiro atoms. The number of fused-ring (bicyclic) bond motifs is 2. The van der Waals surface area contributed by atoms with Crippen molar-refractivity contribution in [2.24, 2.45) is 0 Å². The maximum atomic E-state index is 14.1. The summed E-state index contributed by atoms with van der Waals surface area (Å²) in [6.45, 7) is 5.44. The van der Waals surface area contributed by atoms with Gasteiger partial charge in [-0.05, 0) is 49.2 Å². The van der Waals surface area contributed by atoms with Gasteiger partial charge in [-0.2, -0.15) is 4.98 Å². The van der Waals surface area contributed by atoms with Crippen LogP contribution in [-0.2, 0) is 16.1 Å². The molecule has 0 unspecified atom stereocenters. The van der Waals surface area contributed by atoms with E-state index in [0.29, 0.717) is 43.2 Å². The van der Waals surface area contributed by atoms with Crippen LogP contribution in [0.3, 0.4) is 0 Å². The average molecular weight is 490 g/mol. The third-order valence-electron chi connectivity index (χ3n) is 6.53. The van der Waals surface area contributed by atoms with Gasteiger partial charge in [0.15, 0.2) is 0 Å². The topological polar surface area (TPSA) is 74.6 Å². The molecular weight excluding hydrogens is 461 g/mol. The second-order valence-corrected chi connectivity index (χ2v) is 8.75. The van der Waals surface area contributed by atoms with Gasteiger partial charge in [-0.15, -0.1) is 0 Å². The lowest BCUT2D eigenvalue weighted by Gasteiger charge is -2.16. The Labute approximate surface area is 208 Å². The highest BCUT2D eigenvalue weighted by Gasteiger charge is 2.27. The zero-order chi connectivity index (χ0) is 25.2. The molecule has 0 saturated heterocycles. The van der Waals surface area contributed by atoms with Crippen molar-refractivity contribution >= 4 is 22.7 Å². The Morgan fingerprint density at radius 2 is 2.08 bits per heavy atom. The zero-order valence-corrected chi connectivity index (χ0v) is 20.5. The molecule has 8 heteroatoms. The SMILES string of the molecule is CCOc1nc2ccc(F)cc2n1-c1cccc(CNc2ccc3c(c2)OC[C@H]3CC(=O)OC)c1C. The van der Waals surface area contributed by atoms with Crippen LogP contribution < -0.4 is 14.8 Å². The molecule has 1 aliphatic rings. The standard InChI is InChI=1S/C28H28FN3O4/c1-4-35-28-31-23-11-8-20(29)13-25(23)32(28)24-7-5-6-18(17(24)2)15-30-21-9-10-22-19(12-27(33)34-3)16-36-26(22)14-21/h5-11,13-14,19,30H,4,12,15-16H2,1-3H3/t19-/m1/s1. The summed E-state index contributed by atoms with van der Waals surface area (Å²) in [6.07, 6.45) is 0.304. The minimum Gasteiger partial charge on any atom is -0.493 e. The molecule has 7 nitrogen and oxygen atoms in total. The number of methoxy groups -OCH3 is 1. The van der Waals surface area contributed by atoms with Gasteiger partial charge in [0.25, 0.3) is 0 Å². The Bertz CT molecular complexity index is 1430. The minimum atomic E-state index is -0.324. The van der Waals surface area contributed by atoms with Crippen molar-refractivity contribution in [3.05, 3.63) is 77.1 Å². The second kappa shape index (κ2) is 9.89. The number of ether oxygens (including phenoxy) is 3. The van der Waals surface area contributed by atoms with E-state index in [2.05, 4.69) is 16.4 Å². The molecule has 0 bridgehead atoms. The molecule has 1 atom stereocenters. The van der Waals surface area contributed by atoms with E-state index in [0.717, 1.165) is 33.8 Å². The lowest BCUT2D eigenvalue weighted by atomic mass is 9.97. The summed E-state index contributed by atoms with van der Waals surface area (Å²) in [4.78, 5) is 16.2. The number of halogens is 1. The van der Waals surface area contributed by atoms with Crippen molar-refractivity contribution in [2.45, 2.75) is 32.7 Å². The molecule has 3 aromatic carbocycles. The number of carbonyl (C=O) groups is 1. The van der Waals surface area contributed by atoms with Crippen LogP contribution in [0.2, 0.25) is 0 Å². The maximum absolute atomic E-state index is 14.1. The maximum Gasteiger partial charge on any atom is 0.306 e. The van der Waals surface area contributed by atoms with E-state index in [1.54, 1.807) is 6.07 Å². The number of anilines is 1. The van der Waals surface area contributed by atoms with Gasteiger partial charge in [0.2, 0.25) is 0 Å². The minimum absolute atomic E-state index is 0.00908. The van der Waals surface area contributed by atoms with Crippen molar-refractivity contribution in [3.8, 4) is 17.4 Å². The molecule has 2 heterocycles. The number of nitrogens with zero attached hydrogens (tertiary/aromatic N) is 2. The first-order valence-corrected chi connectivity index (χ1v) is 12.0. The number of rotatable bonds is 8. The van der Waals surface area contributed by atoms with E-state index in [1.165, 1.54) is 19.2 Å². The summed E-state index contributed by atoms with van der Waals surface area (Å²) in [5.41, 5.74) is 6.27. The first-order valence-electron chi connectivity index (χ1n) is 12.0. The van der Waals surface area contributed by atoms with Crippen LogP contribution >= 0.6 is 0 Å². The van der Waals surface area contributed by atoms with Crippen LogP contribution in [0.25, 0.3) is 16.7 Å². The van der Waals surface area contributed by atoms with E-state index < -0.39 is 0 Å². The smallest absolute Gasteiger partial charge is 0.306 e. The number of hydrogen-bond acceptors (Lipinski definition) is 6. The number of benzene rings is 3. The number of hydrogen-bond donors (Lipinski definition) is 1. The van der Waals surface area contributed by atoms with Crippen LogP contribution in [0.15, 0.2) is 54.6 Å². The summed E-state index contributed by atoms with van der Waals surface area (Å²) in [6, 6.07) is 17.0. The van der Waals surface area contributed by atoms with E-state index in [4.69, 9.17) is 14.2 Å². The molecule has 36 heavy (non-hydrogen) atoms. The fraction of sp³-hybridized carbons (Fsp3) is 0.286. The zero-order valence-electron chi connectivity index (χ0n) is 20.5. The normalized spacial score (nSPS) is 14.4. The van der Waals surface area contributed by atoms with Gasteiger partial charge in [-0.3, -0.25) is 9.36 Å². The number of aromatic nitrogens is 2. The fourth-order valence-corrected chi connectivity index (χ4v) is 4.63. The lowest BCUT2D eigenvalue weighted by Crippen LogP contribution is -2.09. The highest BCUT2D eigenvalue weighted by molar-refractivity contribution is 5.79. The monoisotopic (exact) mass is 489 g/mol. The van der Waals surface area contributed by atoms with E-state index >= 15 is 0 Å². The van der Waals surface area contributed by atoms with Crippen LogP contribution in [0.4, 0.5) is 10.1 Å². The largest absolute Gasteiger partial charge is 0.493 e. The van der Waals surface area contributed by atoms with Crippen molar-refractivity contribution in [1.29, 1.82) is 0 Å². The lowest BCUT2D eigenvalue weighted by molar-refractivity contribution is -0.141. The molecule has 0 fully saturated rings. The fourth-order valence-electron chi connectivity index (χ4n) is 4.63. The summed E-state index contributed by atoms with van der Waals surface area (Å²) in [5.74, 6) is 0.229. The van der Waals surface area contributed by atoms with Crippen molar-refractivity contribution in [2.75, 3.05) is 25.6 Å². The average Bonchev–Trinajstić information content (AvgIpc) is 3.43. The Hall–Kier alpha value is -4.07. The molecule has 0 aliphatic carbocycles. The summed E-state index contributed by atoms with van der Waals surface area (Å²) in [7, 11) is 1.40. The van der Waals surface area contributed by atoms with Gasteiger partial charge in [0.05, 0.1) is 43.5 Å². The van der Waals surface area contributed by atoms with Crippen molar-refractivity contribution in [3.63, 3.8) is 0 Å². The number of nitrogens with one attached hydrogen (secondary N) is 1. The second-order valence-electron chi connectivity index (χ2n) is 8.75. The van der Waals surface area contributed by atoms with E-state index in [9.17, 15) is 9.18 Å². The Morgan fingerprint density at radius 1 is 1.22 bits per heavy atom. The van der Waals surface area contributed by atoms with Crippen LogP contribution in [-0.4, -0.2) is 35.8 Å². The molecule has 0 amide bonds. The van der Waals surface area contributed by atoms with Gasteiger partial charge < -0.3 is 19.5 Å². The predicted octanol–water partition coefficient (Wildman–Crippen LogP) is 5.52. The highest BCUT2D eigenvalue weighted by atomic mass is 19.1. The van der Waals surface area contributed by atoms with E-state index in [1.807, 2.05) is 48.7 Å². The van der Waals surface area contributed by atoms with Gasteiger partial charge in [0, 0.05) is 35.8 Å². The Morgan fingerprint density at radius 3 is 2.89 bits per heavy atom. The molecule has 0 saturated carbocycles. The van der Waals surface area contributed by atoms with Crippen molar-refractivity contribution in [1.82, 2.24) is 9.55 Å². The molecular formula is C28H28FN3O4. The summed E-state index contributed by atoms with van der Waals surface area (Å²) < 4.78 is 32.4. The molecule has 4 aromatic rings. The molecule has 1 N–H and O–H groups in total. The Balaban J connectivity index is 1.40. The van der Waals surface area contributed by atoms with Gasteiger partial charge >= 0.3 is 12.0 Å². The molecule has 1 aliphatic heterocycles. The first-order chi connectivity index (χ1) is 17.5. The van der Waals surface area contributed by atoms with Crippen molar-refractivity contribution < 1.29 is 23.4 Å². The summed E-state index contributed by atoms with van der Waals surface area (Å²) >= 11 is 0.